The SMILES string of the molecule is C=CC(C)N=c1cc(-c2cccc(CO)c2)nc2c(=Cc3[nH]c(=O)[nH]c3O)cnn12. The van der Waals surface area contributed by atoms with E-state index in [0.717, 1.165) is 11.1 Å². The normalized spacial score (nSPS) is 13.8. The number of hydrogen-bond donors (Lipinski definition) is 4. The number of aliphatic hydroxyl groups excluding tert-OH is 1. The van der Waals surface area contributed by atoms with Crippen LogP contribution in [0.2, 0.25) is 0 Å². The summed E-state index contributed by atoms with van der Waals surface area (Å²) in [6, 6.07) is 9.10. The Bertz CT molecular complexity index is 1410. The van der Waals surface area contributed by atoms with E-state index in [-0.39, 0.29) is 24.2 Å². The minimum Gasteiger partial charge on any atom is -0.493 e. The fourth-order valence-electron chi connectivity index (χ4n) is 3.04. The fraction of sp³-hybridized carbons (Fsp3) is 0.143. The Hall–Kier alpha value is -3.98. The number of aromatic hydroxyl groups is 1. The number of aromatic nitrogens is 5. The lowest BCUT2D eigenvalue weighted by atomic mass is 10.1. The van der Waals surface area contributed by atoms with Crippen LogP contribution < -0.4 is 16.4 Å². The molecule has 30 heavy (non-hydrogen) atoms. The third-order valence-electron chi connectivity index (χ3n) is 4.60. The minimum atomic E-state index is -0.514. The van der Waals surface area contributed by atoms with Crippen LogP contribution in [0, 0.1) is 0 Å². The molecule has 0 radical (unpaired) electrons. The molecule has 3 heterocycles. The average molecular weight is 404 g/mol. The van der Waals surface area contributed by atoms with Gasteiger partial charge in [-0.2, -0.15) is 9.61 Å². The molecule has 3 aromatic heterocycles. The largest absolute Gasteiger partial charge is 0.493 e. The molecule has 1 unspecified atom stereocenters. The van der Waals surface area contributed by atoms with Crippen molar-refractivity contribution >= 4 is 11.7 Å². The van der Waals surface area contributed by atoms with E-state index in [4.69, 9.17) is 4.98 Å². The standard InChI is InChI=1S/C21H20N6O3/c1-3-12(2)23-18-9-16(14-6-4-5-13(7-14)11-28)24-19-15(10-22-27(18)19)8-17-20(29)26-21(30)25-17/h3-10,12,28-29H,1,11H2,2H3,(H2,25,26,30). The zero-order chi connectivity index (χ0) is 21.3. The zero-order valence-electron chi connectivity index (χ0n) is 16.2. The van der Waals surface area contributed by atoms with Crippen LogP contribution in [-0.4, -0.2) is 40.8 Å². The Morgan fingerprint density at radius 3 is 2.87 bits per heavy atom. The molecular weight excluding hydrogens is 384 g/mol. The molecule has 0 aliphatic heterocycles. The predicted octanol–water partition coefficient (Wildman–Crippen LogP) is 0.633. The van der Waals surface area contributed by atoms with Gasteiger partial charge < -0.3 is 15.2 Å². The van der Waals surface area contributed by atoms with Crippen molar-refractivity contribution < 1.29 is 10.2 Å². The number of aliphatic hydroxyl groups is 1. The molecule has 4 aromatic rings. The molecule has 1 atom stereocenters. The van der Waals surface area contributed by atoms with Crippen molar-refractivity contribution in [2.24, 2.45) is 4.99 Å². The number of imidazole rings is 1. The minimum absolute atomic E-state index is 0.0767. The van der Waals surface area contributed by atoms with Gasteiger partial charge in [0, 0.05) is 16.8 Å². The Labute approximate surface area is 170 Å². The van der Waals surface area contributed by atoms with Gasteiger partial charge in [0.15, 0.2) is 11.1 Å². The van der Waals surface area contributed by atoms with E-state index in [1.54, 1.807) is 22.9 Å². The van der Waals surface area contributed by atoms with Gasteiger partial charge in [-0.25, -0.2) is 9.78 Å². The summed E-state index contributed by atoms with van der Waals surface area (Å²) in [6.45, 7) is 5.61. The summed E-state index contributed by atoms with van der Waals surface area (Å²) in [7, 11) is 0. The molecular formula is C21H20N6O3. The highest BCUT2D eigenvalue weighted by Crippen LogP contribution is 2.17. The van der Waals surface area contributed by atoms with E-state index in [0.29, 0.717) is 22.0 Å². The summed E-state index contributed by atoms with van der Waals surface area (Å²) in [5.74, 6) is -0.267. The van der Waals surface area contributed by atoms with Gasteiger partial charge in [-0.3, -0.25) is 9.98 Å². The second kappa shape index (κ2) is 7.80. The number of H-pyrrole nitrogens is 2. The molecule has 0 saturated heterocycles. The molecule has 0 aliphatic carbocycles. The van der Waals surface area contributed by atoms with E-state index < -0.39 is 5.69 Å². The van der Waals surface area contributed by atoms with Crippen molar-refractivity contribution in [1.29, 1.82) is 0 Å². The summed E-state index contributed by atoms with van der Waals surface area (Å²) in [5.41, 5.74) is 3.01. The quantitative estimate of drug-likeness (QED) is 0.362. The maximum absolute atomic E-state index is 11.4. The van der Waals surface area contributed by atoms with Crippen molar-refractivity contribution in [1.82, 2.24) is 24.6 Å². The van der Waals surface area contributed by atoms with Crippen LogP contribution in [0.25, 0.3) is 23.0 Å². The van der Waals surface area contributed by atoms with Crippen molar-refractivity contribution in [3.63, 3.8) is 0 Å². The summed E-state index contributed by atoms with van der Waals surface area (Å²) >= 11 is 0. The second-order valence-corrected chi connectivity index (χ2v) is 6.78. The lowest BCUT2D eigenvalue weighted by Crippen LogP contribution is -2.20. The van der Waals surface area contributed by atoms with E-state index in [9.17, 15) is 15.0 Å². The molecule has 0 aliphatic rings. The summed E-state index contributed by atoms with van der Waals surface area (Å²) in [5, 5.41) is 24.3. The smallest absolute Gasteiger partial charge is 0.326 e. The van der Waals surface area contributed by atoms with Crippen molar-refractivity contribution in [3.05, 3.63) is 81.6 Å². The van der Waals surface area contributed by atoms with Crippen LogP contribution in [-0.2, 0) is 6.61 Å². The number of nitrogens with one attached hydrogen (secondary N) is 2. The molecule has 4 N–H and O–H groups in total. The maximum Gasteiger partial charge on any atom is 0.326 e. The van der Waals surface area contributed by atoms with E-state index in [1.165, 1.54) is 0 Å². The monoisotopic (exact) mass is 404 g/mol. The van der Waals surface area contributed by atoms with Crippen LogP contribution in [0.15, 0.2) is 59.0 Å². The summed E-state index contributed by atoms with van der Waals surface area (Å²) < 4.78 is 1.59. The third-order valence-corrected chi connectivity index (χ3v) is 4.60. The fourth-order valence-corrected chi connectivity index (χ4v) is 3.04. The van der Waals surface area contributed by atoms with Crippen LogP contribution in [0.3, 0.4) is 0 Å². The number of aromatic amines is 2. The molecule has 1 aromatic carbocycles. The van der Waals surface area contributed by atoms with Crippen molar-refractivity contribution in [2.45, 2.75) is 19.6 Å². The Morgan fingerprint density at radius 2 is 2.17 bits per heavy atom. The van der Waals surface area contributed by atoms with Gasteiger partial charge in [0.25, 0.3) is 0 Å². The lowest BCUT2D eigenvalue weighted by molar-refractivity contribution is 0.282. The third kappa shape index (κ3) is 3.65. The number of nitrogens with zero attached hydrogens (tertiary/aromatic N) is 4. The van der Waals surface area contributed by atoms with E-state index in [2.05, 4.69) is 26.6 Å². The maximum atomic E-state index is 11.4. The van der Waals surface area contributed by atoms with E-state index >= 15 is 0 Å². The Morgan fingerprint density at radius 1 is 1.33 bits per heavy atom. The van der Waals surface area contributed by atoms with Crippen LogP contribution in [0.5, 0.6) is 5.88 Å². The van der Waals surface area contributed by atoms with Gasteiger partial charge in [-0.15, -0.1) is 6.58 Å². The molecule has 9 nitrogen and oxygen atoms in total. The van der Waals surface area contributed by atoms with Gasteiger partial charge in [0.2, 0.25) is 5.88 Å². The van der Waals surface area contributed by atoms with E-state index in [1.807, 2.05) is 37.3 Å². The Balaban J connectivity index is 2.02. The Kier molecular flexibility index (Phi) is 5.03. The van der Waals surface area contributed by atoms with Crippen molar-refractivity contribution in [3.8, 4) is 17.1 Å². The van der Waals surface area contributed by atoms with Crippen LogP contribution in [0.4, 0.5) is 0 Å². The van der Waals surface area contributed by atoms with Gasteiger partial charge in [-0.1, -0.05) is 24.3 Å². The zero-order valence-corrected chi connectivity index (χ0v) is 16.2. The first-order valence-electron chi connectivity index (χ1n) is 9.27. The number of rotatable bonds is 5. The summed E-state index contributed by atoms with van der Waals surface area (Å²) in [4.78, 5) is 25.6. The topological polar surface area (TPSA) is 132 Å². The molecule has 0 bridgehead atoms. The van der Waals surface area contributed by atoms with Gasteiger partial charge in [0.1, 0.15) is 5.69 Å². The highest BCUT2D eigenvalue weighted by Gasteiger charge is 2.10. The first-order valence-corrected chi connectivity index (χ1v) is 9.27. The van der Waals surface area contributed by atoms with Gasteiger partial charge in [0.05, 0.1) is 24.5 Å². The molecule has 0 spiro atoms. The highest BCUT2D eigenvalue weighted by molar-refractivity contribution is 5.64. The lowest BCUT2D eigenvalue weighted by Gasteiger charge is -2.06. The first-order chi connectivity index (χ1) is 14.5. The number of fused-ring (bicyclic) bond motifs is 1. The van der Waals surface area contributed by atoms with Crippen molar-refractivity contribution in [2.75, 3.05) is 0 Å². The highest BCUT2D eigenvalue weighted by atomic mass is 16.3. The molecule has 4 rings (SSSR count). The second-order valence-electron chi connectivity index (χ2n) is 6.78. The average Bonchev–Trinajstić information content (AvgIpc) is 3.30. The molecule has 0 amide bonds. The molecule has 0 fully saturated rings. The predicted molar refractivity (Wildman–Crippen MR) is 111 cm³/mol. The number of benzene rings is 1. The number of hydrogen-bond acceptors (Lipinski definition) is 6. The van der Waals surface area contributed by atoms with Gasteiger partial charge >= 0.3 is 5.69 Å². The van der Waals surface area contributed by atoms with Gasteiger partial charge in [-0.05, 0) is 24.6 Å². The molecule has 9 heteroatoms. The first kappa shape index (κ1) is 19.3. The molecule has 0 saturated carbocycles. The van der Waals surface area contributed by atoms with Crippen LogP contribution in [0.1, 0.15) is 18.2 Å². The summed E-state index contributed by atoms with van der Waals surface area (Å²) in [6.07, 6.45) is 4.88. The van der Waals surface area contributed by atoms with Crippen LogP contribution >= 0.6 is 0 Å². The molecule has 152 valence electrons.